The highest BCUT2D eigenvalue weighted by atomic mass is 79.9. The number of amides is 2. The van der Waals surface area contributed by atoms with Gasteiger partial charge in [0.15, 0.2) is 0 Å². The smallest absolute Gasteiger partial charge is 0.352 e. The Bertz CT molecular complexity index is 695. The number of anilines is 1. The van der Waals surface area contributed by atoms with E-state index in [1.165, 1.54) is 18.2 Å². The second kappa shape index (κ2) is 9.05. The summed E-state index contributed by atoms with van der Waals surface area (Å²) in [7, 11) is 0. The van der Waals surface area contributed by atoms with Crippen LogP contribution in [0.15, 0.2) is 22.7 Å². The molecule has 1 aliphatic rings. The summed E-state index contributed by atoms with van der Waals surface area (Å²) in [5, 5.41) is 4.55. The van der Waals surface area contributed by atoms with Gasteiger partial charge >= 0.3 is 12.1 Å². The predicted octanol–water partition coefficient (Wildman–Crippen LogP) is 3.80. The Kier molecular flexibility index (Phi) is 7.27. The molecule has 1 fully saturated rings. The van der Waals surface area contributed by atoms with Gasteiger partial charge < -0.3 is 15.5 Å². The summed E-state index contributed by atoms with van der Waals surface area (Å²) in [6.07, 6.45) is -2.99. The van der Waals surface area contributed by atoms with E-state index in [9.17, 15) is 22.8 Å². The van der Waals surface area contributed by atoms with Crippen LogP contribution in [0, 0.1) is 5.92 Å². The molecule has 0 aliphatic carbocycles. The molecule has 0 bridgehead atoms. The van der Waals surface area contributed by atoms with Crippen LogP contribution in [-0.4, -0.2) is 48.6 Å². The number of carbonyl (C=O) groups is 2. The molecular formula is C18H23BrF3N3O2. The third-order valence-corrected chi connectivity index (χ3v) is 5.06. The number of likely N-dealkylation sites (tertiary alicyclic amines) is 1. The summed E-state index contributed by atoms with van der Waals surface area (Å²) in [6, 6.07) is 4.55. The van der Waals surface area contributed by atoms with Crippen LogP contribution in [0.25, 0.3) is 0 Å². The largest absolute Gasteiger partial charge is 0.471 e. The van der Waals surface area contributed by atoms with E-state index in [1.807, 2.05) is 0 Å². The van der Waals surface area contributed by atoms with Crippen molar-refractivity contribution in [2.45, 2.75) is 38.9 Å². The van der Waals surface area contributed by atoms with Crippen LogP contribution in [0.3, 0.4) is 0 Å². The lowest BCUT2D eigenvalue weighted by molar-refractivity contribution is -0.167. The zero-order valence-corrected chi connectivity index (χ0v) is 16.8. The molecule has 1 heterocycles. The zero-order chi connectivity index (χ0) is 20.2. The minimum Gasteiger partial charge on any atom is -0.352 e. The van der Waals surface area contributed by atoms with Crippen LogP contribution >= 0.6 is 15.9 Å². The minimum atomic E-state index is -5.02. The summed E-state index contributed by atoms with van der Waals surface area (Å²) in [6.45, 7) is 6.58. The Hall–Kier alpha value is -1.61. The molecule has 9 heteroatoms. The lowest BCUT2D eigenvalue weighted by Gasteiger charge is -2.35. The molecule has 0 aromatic heterocycles. The first kappa shape index (κ1) is 21.7. The van der Waals surface area contributed by atoms with Crippen molar-refractivity contribution < 1.29 is 22.8 Å². The van der Waals surface area contributed by atoms with E-state index in [-0.39, 0.29) is 17.2 Å². The Balaban J connectivity index is 2.05. The van der Waals surface area contributed by atoms with E-state index in [2.05, 4.69) is 40.0 Å². The van der Waals surface area contributed by atoms with Crippen molar-refractivity contribution in [3.05, 3.63) is 28.2 Å². The van der Waals surface area contributed by atoms with Crippen molar-refractivity contribution in [2.75, 3.05) is 25.0 Å². The summed E-state index contributed by atoms with van der Waals surface area (Å²) in [5.74, 6) is -2.35. The molecule has 1 aromatic rings. The van der Waals surface area contributed by atoms with Crippen molar-refractivity contribution in [3.63, 3.8) is 0 Å². The number of nitrogens with one attached hydrogen (secondary N) is 2. The van der Waals surface area contributed by atoms with Crippen molar-refractivity contribution in [1.29, 1.82) is 0 Å². The molecular weight excluding hydrogens is 427 g/mol. The van der Waals surface area contributed by atoms with Gasteiger partial charge in [-0.05, 0) is 57.4 Å². The zero-order valence-electron chi connectivity index (χ0n) is 15.2. The fraction of sp³-hybridized carbons (Fsp3) is 0.556. The van der Waals surface area contributed by atoms with Crippen molar-refractivity contribution >= 4 is 33.4 Å². The van der Waals surface area contributed by atoms with Crippen molar-refractivity contribution in [1.82, 2.24) is 10.2 Å². The fourth-order valence-electron chi connectivity index (χ4n) is 3.07. The van der Waals surface area contributed by atoms with Gasteiger partial charge in [0, 0.05) is 23.6 Å². The van der Waals surface area contributed by atoms with Gasteiger partial charge in [0.05, 0.1) is 11.3 Å². The Morgan fingerprint density at radius 1 is 1.33 bits per heavy atom. The molecule has 2 amide bonds. The highest BCUT2D eigenvalue weighted by Crippen LogP contribution is 2.24. The average Bonchev–Trinajstić information content (AvgIpc) is 2.60. The van der Waals surface area contributed by atoms with Crippen LogP contribution in [0.5, 0.6) is 0 Å². The maximum atomic E-state index is 12.5. The molecule has 0 saturated carbocycles. The highest BCUT2D eigenvalue weighted by molar-refractivity contribution is 9.10. The molecule has 27 heavy (non-hydrogen) atoms. The van der Waals surface area contributed by atoms with E-state index in [4.69, 9.17) is 0 Å². The lowest BCUT2D eigenvalue weighted by atomic mass is 9.97. The van der Waals surface area contributed by atoms with E-state index in [0.717, 1.165) is 25.9 Å². The summed E-state index contributed by atoms with van der Waals surface area (Å²) in [5.41, 5.74) is -0.191. The summed E-state index contributed by atoms with van der Waals surface area (Å²) < 4.78 is 38.1. The molecule has 0 spiro atoms. The molecule has 0 radical (unpaired) electrons. The van der Waals surface area contributed by atoms with Crippen molar-refractivity contribution in [3.8, 4) is 0 Å². The molecule has 1 saturated heterocycles. The van der Waals surface area contributed by atoms with Crippen LogP contribution in [0.2, 0.25) is 0 Å². The van der Waals surface area contributed by atoms with Gasteiger partial charge in [0.1, 0.15) is 0 Å². The first-order valence-corrected chi connectivity index (χ1v) is 9.57. The first-order valence-electron chi connectivity index (χ1n) is 8.78. The van der Waals surface area contributed by atoms with Gasteiger partial charge in [0.2, 0.25) is 0 Å². The number of carbonyl (C=O) groups excluding carboxylic acids is 2. The van der Waals surface area contributed by atoms with Crippen LogP contribution < -0.4 is 10.6 Å². The molecule has 2 N–H and O–H groups in total. The normalized spacial score (nSPS) is 18.4. The Morgan fingerprint density at radius 2 is 2.04 bits per heavy atom. The Labute approximate surface area is 164 Å². The predicted molar refractivity (Wildman–Crippen MR) is 101 cm³/mol. The Morgan fingerprint density at radius 3 is 2.67 bits per heavy atom. The van der Waals surface area contributed by atoms with Gasteiger partial charge in [0.25, 0.3) is 5.91 Å². The SMILES string of the molecule is CC(C)N1CCCC(CNC(=O)c2cc(Br)ccc2NC(=O)C(F)(F)F)C1. The number of piperidine rings is 1. The summed E-state index contributed by atoms with van der Waals surface area (Å²) >= 11 is 3.20. The van der Waals surface area contributed by atoms with Crippen molar-refractivity contribution in [2.24, 2.45) is 5.92 Å². The molecule has 150 valence electrons. The number of hydrogen-bond acceptors (Lipinski definition) is 3. The number of nitrogens with zero attached hydrogens (tertiary/aromatic N) is 1. The maximum Gasteiger partial charge on any atom is 0.471 e. The van der Waals surface area contributed by atoms with Crippen LogP contribution in [-0.2, 0) is 4.79 Å². The second-order valence-electron chi connectivity index (χ2n) is 6.95. The maximum absolute atomic E-state index is 12.5. The number of halogens is 4. The molecule has 1 atom stereocenters. The second-order valence-corrected chi connectivity index (χ2v) is 7.86. The van der Waals surface area contributed by atoms with Gasteiger partial charge in [-0.15, -0.1) is 0 Å². The van der Waals surface area contributed by atoms with Gasteiger partial charge in [-0.2, -0.15) is 13.2 Å². The van der Waals surface area contributed by atoms with E-state index in [1.54, 1.807) is 5.32 Å². The fourth-order valence-corrected chi connectivity index (χ4v) is 3.43. The number of hydrogen-bond donors (Lipinski definition) is 2. The van der Waals surface area contributed by atoms with Crippen LogP contribution in [0.4, 0.5) is 18.9 Å². The molecule has 1 unspecified atom stereocenters. The number of rotatable bonds is 5. The van der Waals surface area contributed by atoms with Gasteiger partial charge in [-0.1, -0.05) is 15.9 Å². The molecule has 1 aliphatic heterocycles. The standard InChI is InChI=1S/C18H23BrF3N3O2/c1-11(2)25-7-3-4-12(10-25)9-23-16(26)14-8-13(19)5-6-15(14)24-17(27)18(20,21)22/h5-6,8,11-12H,3-4,7,9-10H2,1-2H3,(H,23,26)(H,24,27). The van der Waals surface area contributed by atoms with Gasteiger partial charge in [-0.25, -0.2) is 0 Å². The van der Waals surface area contributed by atoms with E-state index < -0.39 is 18.0 Å². The monoisotopic (exact) mass is 449 g/mol. The molecule has 2 rings (SSSR count). The highest BCUT2D eigenvalue weighted by Gasteiger charge is 2.39. The third kappa shape index (κ3) is 6.21. The molecule has 1 aromatic carbocycles. The lowest BCUT2D eigenvalue weighted by Crippen LogP contribution is -2.43. The minimum absolute atomic E-state index is 0.0153. The van der Waals surface area contributed by atoms with E-state index >= 15 is 0 Å². The topological polar surface area (TPSA) is 61.4 Å². The van der Waals surface area contributed by atoms with Crippen LogP contribution in [0.1, 0.15) is 37.0 Å². The van der Waals surface area contributed by atoms with E-state index in [0.29, 0.717) is 17.1 Å². The average molecular weight is 450 g/mol. The van der Waals surface area contributed by atoms with Gasteiger partial charge in [-0.3, -0.25) is 9.59 Å². The number of alkyl halides is 3. The first-order chi connectivity index (χ1) is 12.6. The number of benzene rings is 1. The quantitative estimate of drug-likeness (QED) is 0.718. The molecule has 5 nitrogen and oxygen atoms in total. The summed E-state index contributed by atoms with van der Waals surface area (Å²) in [4.78, 5) is 26.1. The third-order valence-electron chi connectivity index (χ3n) is 4.56.